The molecule has 0 radical (unpaired) electrons. The lowest BCUT2D eigenvalue weighted by Gasteiger charge is -2.12. The Bertz CT molecular complexity index is 780. The molecule has 5 nitrogen and oxygen atoms in total. The predicted molar refractivity (Wildman–Crippen MR) is 97.6 cm³/mol. The first-order valence-corrected chi connectivity index (χ1v) is 8.37. The van der Waals surface area contributed by atoms with Crippen LogP contribution in [-0.4, -0.2) is 18.9 Å². The number of benzene rings is 2. The molecular formula is C20H22N2O3. The van der Waals surface area contributed by atoms with Crippen LogP contribution in [0.3, 0.4) is 0 Å². The van der Waals surface area contributed by atoms with Crippen molar-refractivity contribution in [3.8, 4) is 0 Å². The zero-order valence-corrected chi connectivity index (χ0v) is 14.5. The molecule has 2 aromatic carbocycles. The van der Waals surface area contributed by atoms with Crippen molar-refractivity contribution in [2.24, 2.45) is 5.92 Å². The number of carbonyl (C=O) groups is 2. The Morgan fingerprint density at radius 2 is 1.80 bits per heavy atom. The van der Waals surface area contributed by atoms with Gasteiger partial charge in [0.1, 0.15) is 0 Å². The van der Waals surface area contributed by atoms with Gasteiger partial charge in [-0.25, -0.2) is 0 Å². The summed E-state index contributed by atoms with van der Waals surface area (Å²) in [5, 5.41) is 5.82. The monoisotopic (exact) mass is 338 g/mol. The second-order valence-electron chi connectivity index (χ2n) is 6.38. The molecule has 0 bridgehead atoms. The second-order valence-corrected chi connectivity index (χ2v) is 6.38. The molecule has 5 heteroatoms. The van der Waals surface area contributed by atoms with Crippen LogP contribution in [0.2, 0.25) is 0 Å². The predicted octanol–water partition coefficient (Wildman–Crippen LogP) is 3.74. The lowest BCUT2D eigenvalue weighted by atomic mass is 10.1. The molecule has 2 aromatic rings. The number of nitrogens with one attached hydrogen (secondary N) is 2. The Balaban J connectivity index is 1.70. The Morgan fingerprint density at radius 3 is 2.44 bits per heavy atom. The van der Waals surface area contributed by atoms with Gasteiger partial charge in [-0.1, -0.05) is 18.2 Å². The average molecular weight is 338 g/mol. The fraction of sp³-hybridized carbons (Fsp3) is 0.300. The minimum absolute atomic E-state index is 0.0508. The molecule has 0 aliphatic heterocycles. The van der Waals surface area contributed by atoms with Gasteiger partial charge in [-0.2, -0.15) is 0 Å². The summed E-state index contributed by atoms with van der Waals surface area (Å²) in [6, 6.07) is 12.8. The highest BCUT2D eigenvalue weighted by Crippen LogP contribution is 2.31. The summed E-state index contributed by atoms with van der Waals surface area (Å²) >= 11 is 0. The molecule has 0 saturated heterocycles. The van der Waals surface area contributed by atoms with E-state index < -0.39 is 0 Å². The van der Waals surface area contributed by atoms with Crippen molar-refractivity contribution in [1.82, 2.24) is 0 Å². The lowest BCUT2D eigenvalue weighted by molar-refractivity contribution is -0.117. The number of amides is 2. The first kappa shape index (κ1) is 17.2. The van der Waals surface area contributed by atoms with Gasteiger partial charge in [0.25, 0.3) is 5.91 Å². The summed E-state index contributed by atoms with van der Waals surface area (Å²) in [5.41, 5.74) is 3.92. The fourth-order valence-electron chi connectivity index (χ4n) is 2.54. The first-order chi connectivity index (χ1) is 12.1. The molecular weight excluding hydrogens is 316 g/mol. The van der Waals surface area contributed by atoms with E-state index in [9.17, 15) is 9.59 Å². The number of carbonyl (C=O) groups excluding carboxylic acids is 2. The molecule has 1 aliphatic rings. The molecule has 130 valence electrons. The molecule has 0 heterocycles. The van der Waals surface area contributed by atoms with E-state index in [1.54, 1.807) is 25.3 Å². The molecule has 3 rings (SSSR count). The van der Waals surface area contributed by atoms with Crippen LogP contribution in [0.1, 0.15) is 34.3 Å². The van der Waals surface area contributed by atoms with Gasteiger partial charge in [-0.3, -0.25) is 9.59 Å². The van der Waals surface area contributed by atoms with Gasteiger partial charge in [-0.15, -0.1) is 0 Å². The molecule has 1 fully saturated rings. The number of hydrogen-bond acceptors (Lipinski definition) is 3. The van der Waals surface area contributed by atoms with E-state index in [1.165, 1.54) is 0 Å². The molecule has 2 amide bonds. The van der Waals surface area contributed by atoms with Crippen molar-refractivity contribution in [2.75, 3.05) is 17.7 Å². The van der Waals surface area contributed by atoms with E-state index in [4.69, 9.17) is 4.74 Å². The van der Waals surface area contributed by atoms with Crippen LogP contribution in [0, 0.1) is 12.8 Å². The van der Waals surface area contributed by atoms with Gasteiger partial charge in [0.15, 0.2) is 0 Å². The Hall–Kier alpha value is -2.66. The summed E-state index contributed by atoms with van der Waals surface area (Å²) in [5.74, 6) is 0.0116. The molecule has 25 heavy (non-hydrogen) atoms. The normalized spacial score (nSPS) is 13.4. The van der Waals surface area contributed by atoms with Crippen molar-refractivity contribution < 1.29 is 14.3 Å². The maximum Gasteiger partial charge on any atom is 0.255 e. The van der Waals surface area contributed by atoms with Gasteiger partial charge in [0, 0.05) is 30.0 Å². The van der Waals surface area contributed by atoms with E-state index in [-0.39, 0.29) is 17.7 Å². The zero-order chi connectivity index (χ0) is 17.8. The zero-order valence-electron chi connectivity index (χ0n) is 14.5. The van der Waals surface area contributed by atoms with Crippen LogP contribution in [-0.2, 0) is 16.1 Å². The maximum absolute atomic E-state index is 12.5. The quantitative estimate of drug-likeness (QED) is 0.843. The van der Waals surface area contributed by atoms with Crippen LogP contribution in [0.15, 0.2) is 42.5 Å². The number of aryl methyl sites for hydroxylation is 1. The van der Waals surface area contributed by atoms with Gasteiger partial charge in [0.2, 0.25) is 5.91 Å². The minimum Gasteiger partial charge on any atom is -0.380 e. The molecule has 0 aromatic heterocycles. The van der Waals surface area contributed by atoms with Crippen molar-refractivity contribution in [3.05, 3.63) is 59.2 Å². The Labute approximate surface area is 147 Å². The van der Waals surface area contributed by atoms with Gasteiger partial charge < -0.3 is 15.4 Å². The van der Waals surface area contributed by atoms with Crippen molar-refractivity contribution in [2.45, 2.75) is 26.4 Å². The molecule has 2 N–H and O–H groups in total. The fourth-order valence-corrected chi connectivity index (χ4v) is 2.54. The number of ether oxygens (including phenoxy) is 1. The van der Waals surface area contributed by atoms with Gasteiger partial charge >= 0.3 is 0 Å². The molecule has 1 saturated carbocycles. The van der Waals surface area contributed by atoms with Crippen LogP contribution in [0.5, 0.6) is 0 Å². The minimum atomic E-state index is -0.183. The third-order valence-corrected chi connectivity index (χ3v) is 4.23. The van der Waals surface area contributed by atoms with E-state index in [0.29, 0.717) is 23.5 Å². The van der Waals surface area contributed by atoms with Gasteiger partial charge in [0.05, 0.1) is 6.61 Å². The Kier molecular flexibility index (Phi) is 5.14. The first-order valence-electron chi connectivity index (χ1n) is 8.37. The molecule has 1 aliphatic carbocycles. The van der Waals surface area contributed by atoms with E-state index in [1.807, 2.05) is 31.2 Å². The summed E-state index contributed by atoms with van der Waals surface area (Å²) in [6.45, 7) is 2.44. The van der Waals surface area contributed by atoms with Gasteiger partial charge in [-0.05, 0) is 55.2 Å². The average Bonchev–Trinajstić information content (AvgIpc) is 3.44. The number of methoxy groups -OCH3 is 1. The summed E-state index contributed by atoms with van der Waals surface area (Å²) in [6.07, 6.45) is 1.92. The highest BCUT2D eigenvalue weighted by Gasteiger charge is 2.29. The summed E-state index contributed by atoms with van der Waals surface area (Å²) in [7, 11) is 1.64. The second kappa shape index (κ2) is 7.49. The Morgan fingerprint density at radius 1 is 1.08 bits per heavy atom. The molecule has 0 unspecified atom stereocenters. The SMILES string of the molecule is COCc1ccc(C(=O)Nc2cc(NC(=O)C3CC3)ccc2C)cc1. The number of rotatable bonds is 6. The highest BCUT2D eigenvalue weighted by atomic mass is 16.5. The third-order valence-electron chi connectivity index (χ3n) is 4.23. The number of hydrogen-bond donors (Lipinski definition) is 2. The standard InChI is InChI=1S/C20H22N2O3/c1-13-3-10-17(21-19(23)16-8-9-16)11-18(13)22-20(24)15-6-4-14(5-7-15)12-25-2/h3-7,10-11,16H,8-9,12H2,1-2H3,(H,21,23)(H,22,24). The van der Waals surface area contributed by atoms with E-state index >= 15 is 0 Å². The van der Waals surface area contributed by atoms with Crippen LogP contribution in [0.4, 0.5) is 11.4 Å². The largest absolute Gasteiger partial charge is 0.380 e. The van der Waals surface area contributed by atoms with E-state index in [0.717, 1.165) is 24.0 Å². The number of anilines is 2. The molecule has 0 spiro atoms. The van der Waals surface area contributed by atoms with E-state index in [2.05, 4.69) is 10.6 Å². The van der Waals surface area contributed by atoms with Crippen molar-refractivity contribution in [3.63, 3.8) is 0 Å². The van der Waals surface area contributed by atoms with Crippen LogP contribution in [0.25, 0.3) is 0 Å². The molecule has 0 atom stereocenters. The third kappa shape index (κ3) is 4.45. The topological polar surface area (TPSA) is 67.4 Å². The van der Waals surface area contributed by atoms with Crippen LogP contribution < -0.4 is 10.6 Å². The smallest absolute Gasteiger partial charge is 0.255 e. The van der Waals surface area contributed by atoms with Crippen molar-refractivity contribution in [1.29, 1.82) is 0 Å². The van der Waals surface area contributed by atoms with Crippen LogP contribution >= 0.6 is 0 Å². The van der Waals surface area contributed by atoms with Crippen molar-refractivity contribution >= 4 is 23.2 Å². The lowest BCUT2D eigenvalue weighted by Crippen LogP contribution is -2.15. The summed E-state index contributed by atoms with van der Waals surface area (Å²) < 4.78 is 5.07. The highest BCUT2D eigenvalue weighted by molar-refractivity contribution is 6.05. The maximum atomic E-state index is 12.5. The summed E-state index contributed by atoms with van der Waals surface area (Å²) in [4.78, 5) is 24.3.